The number of rotatable bonds is 5. The number of pyridine rings is 2. The van der Waals surface area contributed by atoms with Crippen LogP contribution in [0, 0.1) is 0 Å². The lowest BCUT2D eigenvalue weighted by atomic mass is 10.2. The molecule has 0 aromatic carbocycles. The van der Waals surface area contributed by atoms with E-state index in [0.717, 1.165) is 24.5 Å². The molecule has 0 atom stereocenters. The third-order valence-electron chi connectivity index (χ3n) is 2.44. The smallest absolute Gasteiger partial charge is 0.387 e. The largest absolute Gasteiger partial charge is 0.433 e. The number of ether oxygens (including phenoxy) is 1. The molecule has 2 aromatic heterocycles. The van der Waals surface area contributed by atoms with Gasteiger partial charge in [-0.2, -0.15) is 8.78 Å². The van der Waals surface area contributed by atoms with Crippen molar-refractivity contribution >= 4 is 11.7 Å². The van der Waals surface area contributed by atoms with Crippen molar-refractivity contribution in [3.8, 4) is 5.75 Å². The SMILES string of the molecule is O=C(Nc1cccc(C(F)F)n1)c1cncc(OC(F)F)c1. The lowest BCUT2D eigenvalue weighted by molar-refractivity contribution is -0.0501. The van der Waals surface area contributed by atoms with E-state index in [2.05, 4.69) is 20.0 Å². The van der Waals surface area contributed by atoms with Crippen LogP contribution in [-0.4, -0.2) is 22.5 Å². The normalized spacial score (nSPS) is 10.8. The molecule has 9 heteroatoms. The third kappa shape index (κ3) is 4.14. The molecule has 116 valence electrons. The predicted molar refractivity (Wildman–Crippen MR) is 68.0 cm³/mol. The van der Waals surface area contributed by atoms with Crippen molar-refractivity contribution in [2.45, 2.75) is 13.0 Å². The molecule has 0 aliphatic heterocycles. The molecule has 0 unspecified atom stereocenters. The maximum atomic E-state index is 12.5. The molecular formula is C13H9F4N3O2. The Kier molecular flexibility index (Phi) is 4.87. The molecule has 0 radical (unpaired) electrons. The van der Waals surface area contributed by atoms with Crippen molar-refractivity contribution < 1.29 is 27.1 Å². The van der Waals surface area contributed by atoms with Crippen LogP contribution < -0.4 is 10.1 Å². The van der Waals surface area contributed by atoms with Crippen molar-refractivity contribution in [1.29, 1.82) is 0 Å². The van der Waals surface area contributed by atoms with E-state index in [1.165, 1.54) is 12.1 Å². The van der Waals surface area contributed by atoms with Gasteiger partial charge in [-0.1, -0.05) is 6.07 Å². The van der Waals surface area contributed by atoms with E-state index in [1.54, 1.807) is 0 Å². The molecule has 1 N–H and O–H groups in total. The summed E-state index contributed by atoms with van der Waals surface area (Å²) in [6.07, 6.45) is -0.648. The number of anilines is 1. The highest BCUT2D eigenvalue weighted by molar-refractivity contribution is 6.03. The van der Waals surface area contributed by atoms with Gasteiger partial charge in [-0.3, -0.25) is 9.78 Å². The van der Waals surface area contributed by atoms with Gasteiger partial charge < -0.3 is 10.1 Å². The van der Waals surface area contributed by atoms with Gasteiger partial charge in [0.2, 0.25) is 0 Å². The van der Waals surface area contributed by atoms with Gasteiger partial charge in [0.25, 0.3) is 12.3 Å². The van der Waals surface area contributed by atoms with Gasteiger partial charge >= 0.3 is 6.61 Å². The van der Waals surface area contributed by atoms with E-state index in [9.17, 15) is 22.4 Å². The van der Waals surface area contributed by atoms with Gasteiger partial charge in [-0.25, -0.2) is 13.8 Å². The molecule has 2 heterocycles. The Hall–Kier alpha value is -2.71. The summed E-state index contributed by atoms with van der Waals surface area (Å²) in [6.45, 7) is -3.05. The Morgan fingerprint density at radius 2 is 1.95 bits per heavy atom. The van der Waals surface area contributed by atoms with Gasteiger partial charge in [-0.15, -0.1) is 0 Å². The molecular weight excluding hydrogens is 306 g/mol. The van der Waals surface area contributed by atoms with Crippen LogP contribution in [0.5, 0.6) is 5.75 Å². The minimum Gasteiger partial charge on any atom is -0.433 e. The molecule has 0 spiro atoms. The fourth-order valence-electron chi connectivity index (χ4n) is 1.54. The number of halogens is 4. The minimum absolute atomic E-state index is 0.0811. The second-order valence-corrected chi connectivity index (χ2v) is 3.99. The summed E-state index contributed by atoms with van der Waals surface area (Å²) in [5, 5.41) is 2.27. The van der Waals surface area contributed by atoms with Crippen LogP contribution in [0.1, 0.15) is 22.5 Å². The highest BCUT2D eigenvalue weighted by Gasteiger charge is 2.13. The van der Waals surface area contributed by atoms with Gasteiger partial charge in [0.1, 0.15) is 17.3 Å². The zero-order chi connectivity index (χ0) is 16.1. The Morgan fingerprint density at radius 1 is 1.18 bits per heavy atom. The van der Waals surface area contributed by atoms with E-state index in [4.69, 9.17) is 0 Å². The Balaban J connectivity index is 2.13. The van der Waals surface area contributed by atoms with Crippen LogP contribution in [0.3, 0.4) is 0 Å². The fraction of sp³-hybridized carbons (Fsp3) is 0.154. The number of alkyl halides is 4. The van der Waals surface area contributed by atoms with Crippen molar-refractivity contribution in [2.24, 2.45) is 0 Å². The van der Waals surface area contributed by atoms with Crippen molar-refractivity contribution in [3.05, 3.63) is 47.9 Å². The highest BCUT2D eigenvalue weighted by atomic mass is 19.3. The molecule has 2 rings (SSSR count). The molecule has 0 saturated carbocycles. The first-order chi connectivity index (χ1) is 10.5. The molecule has 0 bridgehead atoms. The second-order valence-electron chi connectivity index (χ2n) is 3.99. The van der Waals surface area contributed by atoms with Crippen LogP contribution in [0.15, 0.2) is 36.7 Å². The van der Waals surface area contributed by atoms with Crippen molar-refractivity contribution in [3.63, 3.8) is 0 Å². The van der Waals surface area contributed by atoms with Crippen molar-refractivity contribution in [1.82, 2.24) is 9.97 Å². The average molecular weight is 315 g/mol. The summed E-state index contributed by atoms with van der Waals surface area (Å²) in [4.78, 5) is 19.1. The number of carbonyl (C=O) groups is 1. The van der Waals surface area contributed by atoms with E-state index < -0.39 is 24.6 Å². The maximum Gasteiger partial charge on any atom is 0.387 e. The van der Waals surface area contributed by atoms with Crippen LogP contribution in [0.25, 0.3) is 0 Å². The molecule has 2 aromatic rings. The second kappa shape index (κ2) is 6.83. The number of amides is 1. The molecule has 0 aliphatic carbocycles. The quantitative estimate of drug-likeness (QED) is 0.860. The van der Waals surface area contributed by atoms with E-state index in [1.807, 2.05) is 0 Å². The van der Waals surface area contributed by atoms with Gasteiger partial charge in [0.15, 0.2) is 0 Å². The zero-order valence-electron chi connectivity index (χ0n) is 10.8. The summed E-state index contributed by atoms with van der Waals surface area (Å²) < 4.78 is 53.3. The van der Waals surface area contributed by atoms with E-state index in [-0.39, 0.29) is 17.1 Å². The average Bonchev–Trinajstić information content (AvgIpc) is 2.47. The van der Waals surface area contributed by atoms with Gasteiger partial charge in [-0.05, 0) is 18.2 Å². The Morgan fingerprint density at radius 3 is 2.64 bits per heavy atom. The van der Waals surface area contributed by atoms with Crippen LogP contribution in [-0.2, 0) is 0 Å². The van der Waals surface area contributed by atoms with Crippen LogP contribution >= 0.6 is 0 Å². The summed E-state index contributed by atoms with van der Waals surface area (Å²) in [5.41, 5.74) is -0.576. The first-order valence-electron chi connectivity index (χ1n) is 5.92. The summed E-state index contributed by atoms with van der Waals surface area (Å²) in [5.74, 6) is -1.13. The van der Waals surface area contributed by atoms with E-state index >= 15 is 0 Å². The summed E-state index contributed by atoms with van der Waals surface area (Å²) in [6, 6.07) is 4.78. The monoisotopic (exact) mass is 315 g/mol. The summed E-state index contributed by atoms with van der Waals surface area (Å²) in [7, 11) is 0. The van der Waals surface area contributed by atoms with Gasteiger partial charge in [0, 0.05) is 6.20 Å². The number of nitrogens with zero attached hydrogens (tertiary/aromatic N) is 2. The summed E-state index contributed by atoms with van der Waals surface area (Å²) >= 11 is 0. The first-order valence-corrected chi connectivity index (χ1v) is 5.92. The molecule has 5 nitrogen and oxygen atoms in total. The maximum absolute atomic E-state index is 12.5. The highest BCUT2D eigenvalue weighted by Crippen LogP contribution is 2.19. The molecule has 0 fully saturated rings. The third-order valence-corrected chi connectivity index (χ3v) is 2.44. The van der Waals surface area contributed by atoms with Gasteiger partial charge in [0.05, 0.1) is 11.8 Å². The zero-order valence-corrected chi connectivity index (χ0v) is 10.8. The first kappa shape index (κ1) is 15.7. The Labute approximate surface area is 122 Å². The van der Waals surface area contributed by atoms with Crippen molar-refractivity contribution in [2.75, 3.05) is 5.32 Å². The molecule has 0 saturated heterocycles. The van der Waals surface area contributed by atoms with Crippen LogP contribution in [0.4, 0.5) is 23.4 Å². The molecule has 1 amide bonds. The number of nitrogens with one attached hydrogen (secondary N) is 1. The lowest BCUT2D eigenvalue weighted by Gasteiger charge is -2.08. The van der Waals surface area contributed by atoms with E-state index in [0.29, 0.717) is 0 Å². The fourth-order valence-corrected chi connectivity index (χ4v) is 1.54. The predicted octanol–water partition coefficient (Wildman–Crippen LogP) is 3.27. The lowest BCUT2D eigenvalue weighted by Crippen LogP contribution is -2.14. The number of hydrogen-bond donors (Lipinski definition) is 1. The minimum atomic E-state index is -3.05. The topological polar surface area (TPSA) is 64.1 Å². The number of hydrogen-bond acceptors (Lipinski definition) is 4. The number of carbonyl (C=O) groups excluding carboxylic acids is 1. The van der Waals surface area contributed by atoms with Crippen LogP contribution in [0.2, 0.25) is 0 Å². The Bertz CT molecular complexity index is 667. The standard InChI is InChI=1S/C13H9F4N3O2/c14-11(15)9-2-1-3-10(19-9)20-12(21)7-4-8(6-18-5-7)22-13(16)17/h1-6,11,13H,(H,19,20,21). The molecule has 0 aliphatic rings. The molecule has 22 heavy (non-hydrogen) atoms. The number of aromatic nitrogens is 2.